The topological polar surface area (TPSA) is 76.4 Å². The van der Waals surface area contributed by atoms with Crippen LogP contribution in [0.25, 0.3) is 0 Å². The first kappa shape index (κ1) is 14.0. The molecule has 1 aliphatic carbocycles. The van der Waals surface area contributed by atoms with E-state index in [0.717, 1.165) is 5.69 Å². The Bertz CT molecular complexity index is 440. The van der Waals surface area contributed by atoms with E-state index in [0.29, 0.717) is 18.1 Å². The SMILES string of the molecule is Cc1c(C(=O)NCC(O)COCC2CC2)cnn1C. The molecule has 0 aromatic carbocycles. The molecular weight excluding hydrogens is 246 g/mol. The maximum absolute atomic E-state index is 11.9. The van der Waals surface area contributed by atoms with Crippen LogP contribution in [0.1, 0.15) is 28.9 Å². The van der Waals surface area contributed by atoms with Crippen LogP contribution in [0.5, 0.6) is 0 Å². The van der Waals surface area contributed by atoms with Crippen molar-refractivity contribution in [2.45, 2.75) is 25.9 Å². The maximum atomic E-state index is 11.9. The predicted octanol–water partition coefficient (Wildman–Crippen LogP) is 0.246. The Morgan fingerprint density at radius 2 is 2.42 bits per heavy atom. The Kier molecular flexibility index (Phi) is 4.55. The fourth-order valence-electron chi connectivity index (χ4n) is 1.74. The predicted molar refractivity (Wildman–Crippen MR) is 69.8 cm³/mol. The van der Waals surface area contributed by atoms with Crippen molar-refractivity contribution in [2.24, 2.45) is 13.0 Å². The van der Waals surface area contributed by atoms with Gasteiger partial charge in [0.05, 0.1) is 24.5 Å². The number of hydrogen-bond donors (Lipinski definition) is 2. The molecule has 1 saturated carbocycles. The molecule has 1 unspecified atom stereocenters. The number of ether oxygens (including phenoxy) is 1. The van der Waals surface area contributed by atoms with E-state index in [2.05, 4.69) is 10.4 Å². The number of hydrogen-bond acceptors (Lipinski definition) is 4. The molecule has 1 aliphatic rings. The van der Waals surface area contributed by atoms with Crippen LogP contribution in [0.2, 0.25) is 0 Å². The van der Waals surface area contributed by atoms with E-state index >= 15 is 0 Å². The van der Waals surface area contributed by atoms with Crippen molar-refractivity contribution in [3.8, 4) is 0 Å². The van der Waals surface area contributed by atoms with E-state index in [1.165, 1.54) is 19.0 Å². The van der Waals surface area contributed by atoms with E-state index in [1.54, 1.807) is 11.7 Å². The average Bonchev–Trinajstić information content (AvgIpc) is 3.14. The number of amides is 1. The lowest BCUT2D eigenvalue weighted by Crippen LogP contribution is -2.34. The van der Waals surface area contributed by atoms with Crippen molar-refractivity contribution in [2.75, 3.05) is 19.8 Å². The lowest BCUT2D eigenvalue weighted by Gasteiger charge is -2.12. The molecule has 1 atom stereocenters. The number of aliphatic hydroxyl groups excluding tert-OH is 1. The highest BCUT2D eigenvalue weighted by atomic mass is 16.5. The van der Waals surface area contributed by atoms with E-state index in [1.807, 2.05) is 6.92 Å². The minimum Gasteiger partial charge on any atom is -0.389 e. The third kappa shape index (κ3) is 4.04. The molecule has 0 radical (unpaired) electrons. The largest absolute Gasteiger partial charge is 0.389 e. The van der Waals surface area contributed by atoms with Crippen LogP contribution in [0.4, 0.5) is 0 Å². The highest BCUT2D eigenvalue weighted by molar-refractivity contribution is 5.95. The molecular formula is C13H21N3O3. The summed E-state index contributed by atoms with van der Waals surface area (Å²) in [7, 11) is 1.78. The summed E-state index contributed by atoms with van der Waals surface area (Å²) in [4.78, 5) is 11.9. The van der Waals surface area contributed by atoms with Gasteiger partial charge in [0.25, 0.3) is 5.91 Å². The van der Waals surface area contributed by atoms with Crippen LogP contribution >= 0.6 is 0 Å². The zero-order valence-electron chi connectivity index (χ0n) is 11.4. The van der Waals surface area contributed by atoms with Crippen LogP contribution in [0.3, 0.4) is 0 Å². The number of nitrogens with zero attached hydrogens (tertiary/aromatic N) is 2. The minimum atomic E-state index is -0.667. The molecule has 1 heterocycles. The molecule has 1 fully saturated rings. The van der Waals surface area contributed by atoms with Gasteiger partial charge in [-0.25, -0.2) is 0 Å². The Balaban J connectivity index is 1.68. The van der Waals surface area contributed by atoms with Gasteiger partial charge in [0.1, 0.15) is 0 Å². The lowest BCUT2D eigenvalue weighted by atomic mass is 10.2. The summed E-state index contributed by atoms with van der Waals surface area (Å²) < 4.78 is 7.01. The molecule has 6 nitrogen and oxygen atoms in total. The van der Waals surface area contributed by atoms with E-state index < -0.39 is 6.10 Å². The quantitative estimate of drug-likeness (QED) is 0.742. The van der Waals surface area contributed by atoms with Gasteiger partial charge in [0, 0.05) is 25.9 Å². The second-order valence-electron chi connectivity index (χ2n) is 5.11. The van der Waals surface area contributed by atoms with Gasteiger partial charge in [0.2, 0.25) is 0 Å². The number of aryl methyl sites for hydroxylation is 1. The monoisotopic (exact) mass is 267 g/mol. The molecule has 106 valence electrons. The fraction of sp³-hybridized carbons (Fsp3) is 0.692. The second-order valence-corrected chi connectivity index (χ2v) is 5.11. The van der Waals surface area contributed by atoms with Gasteiger partial charge in [-0.1, -0.05) is 0 Å². The van der Waals surface area contributed by atoms with Crippen molar-refractivity contribution < 1.29 is 14.6 Å². The summed E-state index contributed by atoms with van der Waals surface area (Å²) in [6.45, 7) is 3.00. The number of nitrogens with one attached hydrogen (secondary N) is 1. The minimum absolute atomic E-state index is 0.192. The van der Waals surface area contributed by atoms with Gasteiger partial charge >= 0.3 is 0 Å². The zero-order chi connectivity index (χ0) is 13.8. The van der Waals surface area contributed by atoms with Crippen molar-refractivity contribution in [3.05, 3.63) is 17.5 Å². The van der Waals surface area contributed by atoms with Crippen molar-refractivity contribution in [1.29, 1.82) is 0 Å². The second kappa shape index (κ2) is 6.16. The van der Waals surface area contributed by atoms with Crippen LogP contribution in [0.15, 0.2) is 6.20 Å². The van der Waals surface area contributed by atoms with Crippen molar-refractivity contribution in [1.82, 2.24) is 15.1 Å². The van der Waals surface area contributed by atoms with Crippen molar-refractivity contribution in [3.63, 3.8) is 0 Å². The normalized spacial score (nSPS) is 16.4. The molecule has 6 heteroatoms. The van der Waals surface area contributed by atoms with Gasteiger partial charge in [-0.15, -0.1) is 0 Å². The Hall–Kier alpha value is -1.40. The van der Waals surface area contributed by atoms with E-state index in [9.17, 15) is 9.90 Å². The molecule has 2 rings (SSSR count). The summed E-state index contributed by atoms with van der Waals surface area (Å²) >= 11 is 0. The summed E-state index contributed by atoms with van der Waals surface area (Å²) in [6, 6.07) is 0. The van der Waals surface area contributed by atoms with E-state index in [4.69, 9.17) is 4.74 Å². The van der Waals surface area contributed by atoms with Crippen LogP contribution in [-0.2, 0) is 11.8 Å². The third-order valence-corrected chi connectivity index (χ3v) is 3.34. The number of carbonyl (C=O) groups excluding carboxylic acids is 1. The summed E-state index contributed by atoms with van der Waals surface area (Å²) in [5.74, 6) is 0.465. The van der Waals surface area contributed by atoms with Crippen LogP contribution in [0, 0.1) is 12.8 Å². The Morgan fingerprint density at radius 3 is 3.00 bits per heavy atom. The van der Waals surface area contributed by atoms with Gasteiger partial charge in [-0.3, -0.25) is 9.48 Å². The van der Waals surface area contributed by atoms with E-state index in [-0.39, 0.29) is 19.1 Å². The highest BCUT2D eigenvalue weighted by Gasteiger charge is 2.21. The first-order valence-corrected chi connectivity index (χ1v) is 6.60. The number of aliphatic hydroxyl groups is 1. The van der Waals surface area contributed by atoms with Crippen LogP contribution in [-0.4, -0.2) is 46.7 Å². The molecule has 2 N–H and O–H groups in total. The summed E-state index contributed by atoms with van der Waals surface area (Å²) in [6.07, 6.45) is 3.32. The Labute approximate surface area is 112 Å². The number of aromatic nitrogens is 2. The fourth-order valence-corrected chi connectivity index (χ4v) is 1.74. The van der Waals surface area contributed by atoms with Gasteiger partial charge in [-0.05, 0) is 25.7 Å². The Morgan fingerprint density at radius 1 is 1.68 bits per heavy atom. The molecule has 0 saturated heterocycles. The zero-order valence-corrected chi connectivity index (χ0v) is 11.4. The first-order chi connectivity index (χ1) is 9.08. The molecule has 1 aromatic heterocycles. The standard InChI is InChI=1S/C13H21N3O3/c1-9-12(6-15-16(9)2)13(18)14-5-11(17)8-19-7-10-3-4-10/h6,10-11,17H,3-5,7-8H2,1-2H3,(H,14,18). The molecule has 1 aromatic rings. The molecule has 1 amide bonds. The maximum Gasteiger partial charge on any atom is 0.254 e. The molecule has 0 aliphatic heterocycles. The summed E-state index contributed by atoms with van der Waals surface area (Å²) in [5, 5.41) is 16.4. The molecule has 0 bridgehead atoms. The number of rotatable bonds is 7. The summed E-state index contributed by atoms with van der Waals surface area (Å²) in [5.41, 5.74) is 1.34. The lowest BCUT2D eigenvalue weighted by molar-refractivity contribution is 0.0320. The number of carbonyl (C=O) groups is 1. The highest BCUT2D eigenvalue weighted by Crippen LogP contribution is 2.28. The average molecular weight is 267 g/mol. The van der Waals surface area contributed by atoms with Gasteiger partial charge < -0.3 is 15.2 Å². The first-order valence-electron chi connectivity index (χ1n) is 6.60. The van der Waals surface area contributed by atoms with Gasteiger partial charge in [0.15, 0.2) is 0 Å². The third-order valence-electron chi connectivity index (χ3n) is 3.34. The molecule has 19 heavy (non-hydrogen) atoms. The van der Waals surface area contributed by atoms with Crippen LogP contribution < -0.4 is 5.32 Å². The molecule has 0 spiro atoms. The van der Waals surface area contributed by atoms with Gasteiger partial charge in [-0.2, -0.15) is 5.10 Å². The smallest absolute Gasteiger partial charge is 0.254 e. The van der Waals surface area contributed by atoms with Crippen molar-refractivity contribution >= 4 is 5.91 Å².